The summed E-state index contributed by atoms with van der Waals surface area (Å²) in [5.41, 5.74) is 5.75. The minimum atomic E-state index is -1.40. The van der Waals surface area contributed by atoms with E-state index in [1.54, 1.807) is 6.07 Å². The first-order valence-corrected chi connectivity index (χ1v) is 44.3. The molecular formula is C106H90BBrO2P4Pd. The number of hydrogen-bond acceptors (Lipinski definition) is 2. The third-order valence-corrected chi connectivity index (χ3v) is 28.6. The van der Waals surface area contributed by atoms with E-state index in [0.717, 1.165) is 15.2 Å². The van der Waals surface area contributed by atoms with E-state index in [4.69, 9.17) is 10.0 Å². The van der Waals surface area contributed by atoms with Gasteiger partial charge in [0.1, 0.15) is 0 Å². The maximum Gasteiger partial charge on any atom is 0.489 e. The molecule has 0 aromatic heterocycles. The minimum Gasteiger partial charge on any atom is -0.423 e. The standard InChI is InChI=1S/4C18H15P.C17H14.C10H9BO2.C7H7Br.Pd/c4*1-4-10-16(11-5-1)19(17-12-6-2-7-13-17)18-14-8-3-9-15-18;1-13-6-4-9-15(12-13)17-11-5-8-14-7-2-3-10-16(14)17;12-11(13)10-7-3-5-8-4-1-2-6-9(8)10;1-6-3-2-4-7(8)5-6;/h4*1-15H;2-12H,1H3;1-7,12-13H;2-5H,1H3;. The molecule has 0 spiro atoms. The summed E-state index contributed by atoms with van der Waals surface area (Å²) >= 11 is 3.36. The Morgan fingerprint density at radius 1 is 0.209 bits per heavy atom. The molecule has 0 radical (unpaired) electrons. The predicted molar refractivity (Wildman–Crippen MR) is 507 cm³/mol. The molecule has 0 aliphatic carbocycles. The van der Waals surface area contributed by atoms with Crippen LogP contribution >= 0.6 is 47.6 Å². The molecule has 0 amide bonds. The average molecular weight is 1720 g/mol. The topological polar surface area (TPSA) is 40.5 Å². The molecule has 0 bridgehead atoms. The predicted octanol–water partition coefficient (Wildman–Crippen LogP) is 21.9. The maximum absolute atomic E-state index is 9.08. The smallest absolute Gasteiger partial charge is 0.423 e. The Bertz CT molecular complexity index is 4870. The van der Waals surface area contributed by atoms with Gasteiger partial charge in [0.25, 0.3) is 0 Å². The van der Waals surface area contributed by atoms with Crippen LogP contribution in [0.15, 0.2) is 502 Å². The van der Waals surface area contributed by atoms with E-state index < -0.39 is 38.8 Å². The van der Waals surface area contributed by atoms with Crippen LogP contribution in [0, 0.1) is 13.8 Å². The summed E-state index contributed by atoms with van der Waals surface area (Å²) in [6.07, 6.45) is 0. The molecule has 18 rings (SSSR count). The van der Waals surface area contributed by atoms with Gasteiger partial charge in [0.05, 0.1) is 0 Å². The SMILES string of the molecule is Cc1cccc(-c2cccc3ccccc23)c1.Cc1cccc(Br)c1.OB(O)c1cccc2ccccc12.[Pd].c1ccc(P(c2ccccc2)c2ccccc2)cc1.c1ccc(P(c2ccccc2)c2ccccc2)cc1.c1ccc(P(c2ccccc2)c2ccccc2)cc1.c1ccc(P(c2ccccc2)c2ccccc2)cc1. The summed E-state index contributed by atoms with van der Waals surface area (Å²) in [7, 11) is -3.18. The first kappa shape index (κ1) is 85.2. The van der Waals surface area contributed by atoms with E-state index >= 15 is 0 Å². The van der Waals surface area contributed by atoms with Crippen molar-refractivity contribution in [3.05, 3.63) is 513 Å². The molecule has 0 atom stereocenters. The fraction of sp³-hybridized carbons (Fsp3) is 0.0189. The molecule has 566 valence electrons. The third kappa shape index (κ3) is 25.7. The summed E-state index contributed by atoms with van der Waals surface area (Å²) in [4.78, 5) is 0. The molecule has 0 heterocycles. The van der Waals surface area contributed by atoms with Gasteiger partial charge in [-0.25, -0.2) is 0 Å². The van der Waals surface area contributed by atoms with Gasteiger partial charge in [0.2, 0.25) is 0 Å². The van der Waals surface area contributed by atoms with Crippen LogP contribution in [-0.4, -0.2) is 17.2 Å². The molecule has 18 aromatic carbocycles. The van der Waals surface area contributed by atoms with Gasteiger partial charge in [-0.15, -0.1) is 0 Å². The van der Waals surface area contributed by atoms with E-state index in [-0.39, 0.29) is 20.4 Å². The quantitative estimate of drug-likeness (QED) is 0.0841. The van der Waals surface area contributed by atoms with Crippen molar-refractivity contribution in [1.82, 2.24) is 0 Å². The van der Waals surface area contributed by atoms with Crippen molar-refractivity contribution >= 4 is 145 Å². The molecule has 18 aromatic rings. The Kier molecular flexibility index (Phi) is 34.6. The number of hydrogen-bond donors (Lipinski definition) is 2. The molecule has 0 aliphatic heterocycles. The molecular weight excluding hydrogens is 1630 g/mol. The largest absolute Gasteiger partial charge is 0.489 e. The Balaban J connectivity index is 0.000000133. The van der Waals surface area contributed by atoms with Crippen LogP contribution in [0.4, 0.5) is 0 Å². The van der Waals surface area contributed by atoms with Gasteiger partial charge < -0.3 is 10.0 Å². The fourth-order valence-electron chi connectivity index (χ4n) is 13.1. The van der Waals surface area contributed by atoms with Crippen molar-refractivity contribution < 1.29 is 30.5 Å². The van der Waals surface area contributed by atoms with E-state index in [2.05, 4.69) is 473 Å². The molecule has 0 saturated heterocycles. The van der Waals surface area contributed by atoms with Crippen LogP contribution in [0.1, 0.15) is 11.1 Å². The minimum absolute atomic E-state index is 0. The van der Waals surface area contributed by atoms with E-state index in [0.29, 0.717) is 5.46 Å². The van der Waals surface area contributed by atoms with Gasteiger partial charge in [-0.05, 0) is 159 Å². The average Bonchev–Trinajstić information content (AvgIpc) is 0.564. The van der Waals surface area contributed by atoms with Gasteiger partial charge in [0.15, 0.2) is 0 Å². The van der Waals surface area contributed by atoms with Gasteiger partial charge in [-0.3, -0.25) is 0 Å². The van der Waals surface area contributed by atoms with Crippen LogP contribution in [0.25, 0.3) is 32.7 Å². The summed E-state index contributed by atoms with van der Waals surface area (Å²) in [6.45, 7) is 4.21. The number of rotatable bonds is 14. The maximum atomic E-state index is 9.08. The summed E-state index contributed by atoms with van der Waals surface area (Å²) in [6, 6.07) is 174. The van der Waals surface area contributed by atoms with E-state index in [9.17, 15) is 0 Å². The van der Waals surface area contributed by atoms with Gasteiger partial charge in [-0.2, -0.15) is 0 Å². The van der Waals surface area contributed by atoms with Crippen LogP contribution < -0.4 is 69.1 Å². The second-order valence-corrected chi connectivity index (χ2v) is 36.3. The van der Waals surface area contributed by atoms with Crippen LogP contribution in [-0.2, 0) is 20.4 Å². The Morgan fingerprint density at radius 3 is 0.661 bits per heavy atom. The van der Waals surface area contributed by atoms with Gasteiger partial charge >= 0.3 is 7.12 Å². The Hall–Kier alpha value is -10.7. The normalized spacial score (nSPS) is 10.4. The molecule has 115 heavy (non-hydrogen) atoms. The van der Waals surface area contributed by atoms with Crippen molar-refractivity contribution in [2.24, 2.45) is 0 Å². The molecule has 0 aliphatic rings. The number of benzene rings is 18. The van der Waals surface area contributed by atoms with Crippen molar-refractivity contribution in [2.75, 3.05) is 0 Å². The molecule has 9 heteroatoms. The number of halogens is 1. The van der Waals surface area contributed by atoms with Gasteiger partial charge in [0, 0.05) is 24.9 Å². The van der Waals surface area contributed by atoms with Gasteiger partial charge in [-0.1, -0.05) is 512 Å². The Labute approximate surface area is 708 Å². The van der Waals surface area contributed by atoms with Crippen molar-refractivity contribution in [3.63, 3.8) is 0 Å². The molecule has 2 N–H and O–H groups in total. The van der Waals surface area contributed by atoms with Crippen molar-refractivity contribution in [2.45, 2.75) is 13.8 Å². The second kappa shape index (κ2) is 46.6. The zero-order valence-corrected chi connectivity index (χ0v) is 71.0. The van der Waals surface area contributed by atoms with Crippen molar-refractivity contribution in [3.8, 4) is 11.1 Å². The zero-order valence-electron chi connectivity index (χ0n) is 64.3. The molecule has 0 fully saturated rings. The monoisotopic (exact) mass is 1710 g/mol. The first-order valence-electron chi connectivity index (χ1n) is 38.1. The molecule has 0 saturated carbocycles. The van der Waals surface area contributed by atoms with Crippen LogP contribution in [0.3, 0.4) is 0 Å². The van der Waals surface area contributed by atoms with Crippen molar-refractivity contribution in [1.29, 1.82) is 0 Å². The van der Waals surface area contributed by atoms with Crippen LogP contribution in [0.5, 0.6) is 0 Å². The third-order valence-electron chi connectivity index (χ3n) is 18.4. The molecule has 0 unspecified atom stereocenters. The summed E-state index contributed by atoms with van der Waals surface area (Å²) in [5.74, 6) is 0. The number of fused-ring (bicyclic) bond motifs is 2. The second-order valence-electron chi connectivity index (χ2n) is 26.5. The van der Waals surface area contributed by atoms with Crippen LogP contribution in [0.2, 0.25) is 0 Å². The fourth-order valence-corrected chi connectivity index (χ4v) is 22.8. The number of aryl methyl sites for hydroxylation is 2. The first-order chi connectivity index (χ1) is 56.2. The molecule has 2 nitrogen and oxygen atoms in total. The summed E-state index contributed by atoms with van der Waals surface area (Å²) < 4.78 is 1.15. The zero-order chi connectivity index (χ0) is 78.6. The summed E-state index contributed by atoms with van der Waals surface area (Å²) in [5, 5.41) is 39.5. The van der Waals surface area contributed by atoms with E-state index in [1.807, 2.05) is 48.5 Å². The Morgan fingerprint density at radius 2 is 0.417 bits per heavy atom. The van der Waals surface area contributed by atoms with E-state index in [1.165, 1.54) is 96.7 Å².